The first-order chi connectivity index (χ1) is 13.6. The number of aromatic nitrogens is 3. The molecule has 2 heterocycles. The highest BCUT2D eigenvalue weighted by Gasteiger charge is 2.14. The van der Waals surface area contributed by atoms with Crippen LogP contribution in [0.4, 0.5) is 0 Å². The quantitative estimate of drug-likeness (QED) is 0.327. The Bertz CT molecular complexity index is 1060. The lowest BCUT2D eigenvalue weighted by atomic mass is 9.97. The van der Waals surface area contributed by atoms with Crippen molar-refractivity contribution in [3.63, 3.8) is 0 Å². The summed E-state index contributed by atoms with van der Waals surface area (Å²) >= 11 is 1.51. The number of nitrogens with zero attached hydrogens (tertiary/aromatic N) is 3. The standard InChI is InChI=1S/C22H25N3O2S/c1-15-16(2)27-20(23-15)14-28-22-24-19-11-7-6-10-18(19)21(26)25(22)13-12-17-8-4-3-5-9-17/h6-8,10-11H,3-5,9,12-14H2,1-2H3. The topological polar surface area (TPSA) is 60.9 Å². The summed E-state index contributed by atoms with van der Waals surface area (Å²) in [4.78, 5) is 22.4. The van der Waals surface area contributed by atoms with Gasteiger partial charge in [0, 0.05) is 6.54 Å². The highest BCUT2D eigenvalue weighted by molar-refractivity contribution is 7.98. The van der Waals surface area contributed by atoms with E-state index in [1.807, 2.05) is 42.7 Å². The van der Waals surface area contributed by atoms with Gasteiger partial charge in [-0.15, -0.1) is 0 Å². The van der Waals surface area contributed by atoms with Crippen molar-refractivity contribution in [1.82, 2.24) is 14.5 Å². The van der Waals surface area contributed by atoms with Crippen LogP contribution in [0.1, 0.15) is 49.4 Å². The molecule has 0 fully saturated rings. The number of thioether (sulfide) groups is 1. The van der Waals surface area contributed by atoms with Gasteiger partial charge in [0.2, 0.25) is 5.89 Å². The Balaban J connectivity index is 1.64. The molecule has 0 saturated heterocycles. The first-order valence-corrected chi connectivity index (χ1v) is 10.8. The van der Waals surface area contributed by atoms with Crippen molar-refractivity contribution in [3.8, 4) is 0 Å². The minimum absolute atomic E-state index is 0.0317. The lowest BCUT2D eigenvalue weighted by molar-refractivity contribution is 0.489. The summed E-state index contributed by atoms with van der Waals surface area (Å²) in [7, 11) is 0. The molecule has 146 valence electrons. The molecule has 0 aliphatic heterocycles. The molecule has 0 saturated carbocycles. The van der Waals surface area contributed by atoms with Crippen molar-refractivity contribution in [1.29, 1.82) is 0 Å². The van der Waals surface area contributed by atoms with Crippen molar-refractivity contribution < 1.29 is 4.42 Å². The summed E-state index contributed by atoms with van der Waals surface area (Å²) in [6, 6.07) is 7.57. The molecule has 0 radical (unpaired) electrons. The average molecular weight is 396 g/mol. The van der Waals surface area contributed by atoms with E-state index in [1.165, 1.54) is 30.2 Å². The van der Waals surface area contributed by atoms with Gasteiger partial charge in [0.1, 0.15) is 5.76 Å². The number of para-hydroxylation sites is 1. The van der Waals surface area contributed by atoms with E-state index < -0.39 is 0 Å². The summed E-state index contributed by atoms with van der Waals surface area (Å²) < 4.78 is 7.52. The summed E-state index contributed by atoms with van der Waals surface area (Å²) in [6.07, 6.45) is 8.08. The maximum absolute atomic E-state index is 13.1. The van der Waals surface area contributed by atoms with E-state index in [4.69, 9.17) is 9.40 Å². The minimum atomic E-state index is 0.0317. The van der Waals surface area contributed by atoms with Gasteiger partial charge in [-0.25, -0.2) is 9.97 Å². The Kier molecular flexibility index (Phi) is 5.67. The van der Waals surface area contributed by atoms with Gasteiger partial charge >= 0.3 is 0 Å². The monoisotopic (exact) mass is 395 g/mol. The van der Waals surface area contributed by atoms with Crippen LogP contribution in [0.15, 0.2) is 50.3 Å². The first kappa shape index (κ1) is 19.0. The maximum Gasteiger partial charge on any atom is 0.262 e. The Morgan fingerprint density at radius 2 is 2.04 bits per heavy atom. The number of oxazole rings is 1. The van der Waals surface area contributed by atoms with Crippen LogP contribution in [-0.4, -0.2) is 14.5 Å². The van der Waals surface area contributed by atoms with Crippen molar-refractivity contribution >= 4 is 22.7 Å². The molecule has 3 aromatic rings. The molecular formula is C22H25N3O2S. The average Bonchev–Trinajstić information content (AvgIpc) is 3.04. The number of rotatable bonds is 6. The summed E-state index contributed by atoms with van der Waals surface area (Å²) in [5.74, 6) is 2.06. The van der Waals surface area contributed by atoms with E-state index in [0.29, 0.717) is 23.6 Å². The Labute approximate surface area is 168 Å². The van der Waals surface area contributed by atoms with Crippen molar-refractivity contribution in [3.05, 3.63) is 63.6 Å². The second kappa shape index (κ2) is 8.35. The van der Waals surface area contributed by atoms with Gasteiger partial charge < -0.3 is 4.42 Å². The molecule has 2 aromatic heterocycles. The Morgan fingerprint density at radius 3 is 2.79 bits per heavy atom. The third kappa shape index (κ3) is 4.07. The van der Waals surface area contributed by atoms with Crippen LogP contribution in [0.3, 0.4) is 0 Å². The molecule has 1 aliphatic carbocycles. The lowest BCUT2D eigenvalue weighted by Crippen LogP contribution is -2.24. The van der Waals surface area contributed by atoms with Gasteiger partial charge in [-0.05, 0) is 58.1 Å². The van der Waals surface area contributed by atoms with Crippen LogP contribution in [-0.2, 0) is 12.3 Å². The number of hydrogen-bond acceptors (Lipinski definition) is 5. The molecule has 1 aliphatic rings. The van der Waals surface area contributed by atoms with Crippen LogP contribution in [0.5, 0.6) is 0 Å². The predicted octanol–water partition coefficient (Wildman–Crippen LogP) is 5.18. The zero-order chi connectivity index (χ0) is 19.5. The van der Waals surface area contributed by atoms with E-state index >= 15 is 0 Å². The van der Waals surface area contributed by atoms with Gasteiger partial charge in [-0.1, -0.05) is 35.5 Å². The number of allylic oxidation sites excluding steroid dienone is 2. The van der Waals surface area contributed by atoms with Crippen molar-refractivity contribution in [2.75, 3.05) is 0 Å². The fraction of sp³-hybridized carbons (Fsp3) is 0.409. The molecule has 5 nitrogen and oxygen atoms in total. The number of aryl methyl sites for hydroxylation is 2. The Hall–Kier alpha value is -2.34. The molecule has 0 atom stereocenters. The number of fused-ring (bicyclic) bond motifs is 1. The lowest BCUT2D eigenvalue weighted by Gasteiger charge is -2.16. The third-order valence-electron chi connectivity index (χ3n) is 5.27. The molecule has 0 N–H and O–H groups in total. The van der Waals surface area contributed by atoms with Crippen molar-refractivity contribution in [2.24, 2.45) is 0 Å². The van der Waals surface area contributed by atoms with E-state index in [1.54, 1.807) is 0 Å². The van der Waals surface area contributed by atoms with Crippen LogP contribution in [0.2, 0.25) is 0 Å². The molecule has 0 spiro atoms. The fourth-order valence-electron chi connectivity index (χ4n) is 3.57. The zero-order valence-electron chi connectivity index (χ0n) is 16.4. The van der Waals surface area contributed by atoms with Gasteiger partial charge in [0.05, 0.1) is 22.3 Å². The largest absolute Gasteiger partial charge is 0.445 e. The molecule has 0 amide bonds. The molecule has 1 aromatic carbocycles. The summed E-state index contributed by atoms with van der Waals surface area (Å²) in [6.45, 7) is 4.52. The molecule has 4 rings (SSSR count). The second-order valence-electron chi connectivity index (χ2n) is 7.26. The summed E-state index contributed by atoms with van der Waals surface area (Å²) in [5, 5.41) is 1.40. The normalized spacial score (nSPS) is 14.4. The van der Waals surface area contributed by atoms with Crippen LogP contribution in [0.25, 0.3) is 10.9 Å². The molecule has 0 bridgehead atoms. The highest BCUT2D eigenvalue weighted by atomic mass is 32.2. The number of benzene rings is 1. The molecule has 6 heteroatoms. The molecule has 28 heavy (non-hydrogen) atoms. The number of hydrogen-bond donors (Lipinski definition) is 0. The second-order valence-corrected chi connectivity index (χ2v) is 8.21. The van der Waals surface area contributed by atoms with Gasteiger partial charge in [0.25, 0.3) is 5.56 Å². The van der Waals surface area contributed by atoms with E-state index in [-0.39, 0.29) is 5.56 Å². The smallest absolute Gasteiger partial charge is 0.262 e. The van der Waals surface area contributed by atoms with Crippen LogP contribution < -0.4 is 5.56 Å². The highest BCUT2D eigenvalue weighted by Crippen LogP contribution is 2.25. The maximum atomic E-state index is 13.1. The predicted molar refractivity (Wildman–Crippen MR) is 113 cm³/mol. The first-order valence-electron chi connectivity index (χ1n) is 9.85. The molecule has 0 unspecified atom stereocenters. The van der Waals surface area contributed by atoms with E-state index in [9.17, 15) is 4.79 Å². The van der Waals surface area contributed by atoms with Crippen LogP contribution in [0, 0.1) is 13.8 Å². The van der Waals surface area contributed by atoms with Crippen molar-refractivity contribution in [2.45, 2.75) is 63.4 Å². The summed E-state index contributed by atoms with van der Waals surface area (Å²) in [5.41, 5.74) is 3.14. The fourth-order valence-corrected chi connectivity index (χ4v) is 4.44. The van der Waals surface area contributed by atoms with E-state index in [0.717, 1.165) is 41.4 Å². The van der Waals surface area contributed by atoms with Gasteiger partial charge in [-0.3, -0.25) is 9.36 Å². The zero-order valence-corrected chi connectivity index (χ0v) is 17.2. The molecular weight excluding hydrogens is 370 g/mol. The van der Waals surface area contributed by atoms with Gasteiger partial charge in [-0.2, -0.15) is 0 Å². The minimum Gasteiger partial charge on any atom is -0.445 e. The SMILES string of the molecule is Cc1nc(CSc2nc3ccccc3c(=O)n2CCC2=CCCCC2)oc1C. The van der Waals surface area contributed by atoms with Crippen LogP contribution >= 0.6 is 11.8 Å². The Morgan fingerprint density at radius 1 is 1.18 bits per heavy atom. The van der Waals surface area contributed by atoms with Gasteiger partial charge in [0.15, 0.2) is 5.16 Å². The van der Waals surface area contributed by atoms with E-state index in [2.05, 4.69) is 11.1 Å². The third-order valence-corrected chi connectivity index (χ3v) is 6.23.